The van der Waals surface area contributed by atoms with Gasteiger partial charge in [0.15, 0.2) is 11.5 Å². The van der Waals surface area contributed by atoms with Gasteiger partial charge in [0.25, 0.3) is 0 Å². The zero-order valence-electron chi connectivity index (χ0n) is 15.1. The van der Waals surface area contributed by atoms with Gasteiger partial charge < -0.3 is 20.1 Å². The number of benzene rings is 2. The van der Waals surface area contributed by atoms with Gasteiger partial charge in [-0.25, -0.2) is 4.39 Å². The number of thioether (sulfide) groups is 1. The van der Waals surface area contributed by atoms with Crippen LogP contribution in [0.4, 0.5) is 15.8 Å². The van der Waals surface area contributed by atoms with Crippen molar-refractivity contribution in [3.05, 3.63) is 48.3 Å². The average molecular weight is 392 g/mol. The lowest BCUT2D eigenvalue weighted by atomic mass is 10.2. The Kier molecular flexibility index (Phi) is 7.94. The largest absolute Gasteiger partial charge is 0.493 e. The van der Waals surface area contributed by atoms with Gasteiger partial charge >= 0.3 is 0 Å². The van der Waals surface area contributed by atoms with Crippen LogP contribution in [0, 0.1) is 5.82 Å². The Balaban J connectivity index is 1.79. The number of amides is 2. The minimum absolute atomic E-state index is 0.0361. The van der Waals surface area contributed by atoms with Crippen LogP contribution in [0.25, 0.3) is 0 Å². The van der Waals surface area contributed by atoms with E-state index in [0.717, 1.165) is 11.8 Å². The number of ether oxygens (including phenoxy) is 2. The number of anilines is 2. The molecule has 0 aromatic heterocycles. The molecule has 2 aromatic carbocycles. The normalized spacial score (nSPS) is 10.2. The van der Waals surface area contributed by atoms with E-state index < -0.39 is 5.82 Å². The van der Waals surface area contributed by atoms with Crippen molar-refractivity contribution in [1.82, 2.24) is 0 Å². The quantitative estimate of drug-likeness (QED) is 0.683. The van der Waals surface area contributed by atoms with Crippen molar-refractivity contribution in [3.8, 4) is 11.5 Å². The van der Waals surface area contributed by atoms with Gasteiger partial charge in [0.05, 0.1) is 30.9 Å². The van der Waals surface area contributed by atoms with Crippen LogP contribution < -0.4 is 20.1 Å². The van der Waals surface area contributed by atoms with E-state index in [1.807, 2.05) is 6.92 Å². The Morgan fingerprint density at radius 2 is 1.74 bits per heavy atom. The zero-order valence-corrected chi connectivity index (χ0v) is 15.9. The van der Waals surface area contributed by atoms with Gasteiger partial charge in [-0.15, -0.1) is 11.8 Å². The lowest BCUT2D eigenvalue weighted by Crippen LogP contribution is -2.19. The Morgan fingerprint density at radius 3 is 2.41 bits per heavy atom. The summed E-state index contributed by atoms with van der Waals surface area (Å²) in [4.78, 5) is 23.8. The standard InChI is InChI=1S/C19H21FN2O4S/c1-3-26-16-9-8-13(10-17(16)25-2)21-18(23)11-27-12-19(24)22-15-7-5-4-6-14(15)20/h4-10H,3,11-12H2,1-2H3,(H,21,23)(H,22,24). The first-order valence-corrected chi connectivity index (χ1v) is 9.41. The topological polar surface area (TPSA) is 76.7 Å². The van der Waals surface area contributed by atoms with E-state index in [2.05, 4.69) is 10.6 Å². The molecule has 0 fully saturated rings. The van der Waals surface area contributed by atoms with Crippen molar-refractivity contribution in [2.75, 3.05) is 35.9 Å². The van der Waals surface area contributed by atoms with E-state index in [1.54, 1.807) is 30.3 Å². The van der Waals surface area contributed by atoms with Crippen LogP contribution in [0.1, 0.15) is 6.92 Å². The predicted molar refractivity (Wildman–Crippen MR) is 105 cm³/mol. The maximum absolute atomic E-state index is 13.5. The molecule has 2 aromatic rings. The number of methoxy groups -OCH3 is 1. The second-order valence-electron chi connectivity index (χ2n) is 5.37. The average Bonchev–Trinajstić information content (AvgIpc) is 2.65. The number of hydrogen-bond acceptors (Lipinski definition) is 5. The molecule has 0 bridgehead atoms. The highest BCUT2D eigenvalue weighted by Crippen LogP contribution is 2.30. The molecule has 0 radical (unpaired) electrons. The van der Waals surface area contributed by atoms with Crippen molar-refractivity contribution in [2.45, 2.75) is 6.92 Å². The van der Waals surface area contributed by atoms with Crippen molar-refractivity contribution in [1.29, 1.82) is 0 Å². The van der Waals surface area contributed by atoms with E-state index in [1.165, 1.54) is 19.2 Å². The third-order valence-electron chi connectivity index (χ3n) is 3.36. The molecule has 0 aliphatic rings. The molecule has 0 saturated heterocycles. The second-order valence-corrected chi connectivity index (χ2v) is 6.35. The monoisotopic (exact) mass is 392 g/mol. The molecule has 0 heterocycles. The molecule has 144 valence electrons. The molecule has 0 unspecified atom stereocenters. The molecule has 2 amide bonds. The smallest absolute Gasteiger partial charge is 0.234 e. The number of rotatable bonds is 9. The van der Waals surface area contributed by atoms with Crippen molar-refractivity contribution in [3.63, 3.8) is 0 Å². The van der Waals surface area contributed by atoms with E-state index in [4.69, 9.17) is 9.47 Å². The molecule has 2 N–H and O–H groups in total. The van der Waals surface area contributed by atoms with Crippen LogP contribution in [-0.2, 0) is 9.59 Å². The summed E-state index contributed by atoms with van der Waals surface area (Å²) in [6, 6.07) is 11.0. The number of nitrogens with one attached hydrogen (secondary N) is 2. The zero-order chi connectivity index (χ0) is 19.6. The fourth-order valence-electron chi connectivity index (χ4n) is 2.20. The SMILES string of the molecule is CCOc1ccc(NC(=O)CSCC(=O)Nc2ccccc2F)cc1OC. The fraction of sp³-hybridized carbons (Fsp3) is 0.263. The summed E-state index contributed by atoms with van der Waals surface area (Å²) < 4.78 is 24.1. The van der Waals surface area contributed by atoms with Gasteiger partial charge in [-0.2, -0.15) is 0 Å². The molecule has 0 saturated carbocycles. The summed E-state index contributed by atoms with van der Waals surface area (Å²) >= 11 is 1.13. The third kappa shape index (κ3) is 6.49. The van der Waals surface area contributed by atoms with Crippen molar-refractivity contribution >= 4 is 35.0 Å². The highest BCUT2D eigenvalue weighted by Gasteiger charge is 2.10. The van der Waals surface area contributed by atoms with Crippen molar-refractivity contribution < 1.29 is 23.5 Å². The Bertz CT molecular complexity index is 801. The lowest BCUT2D eigenvalue weighted by molar-refractivity contribution is -0.114. The molecule has 0 atom stereocenters. The van der Waals surface area contributed by atoms with Crippen LogP contribution in [-0.4, -0.2) is 37.0 Å². The number of carbonyl (C=O) groups is 2. The van der Waals surface area contributed by atoms with Crippen molar-refractivity contribution in [2.24, 2.45) is 0 Å². The molecular weight excluding hydrogens is 371 g/mol. The first-order valence-electron chi connectivity index (χ1n) is 8.26. The van der Waals surface area contributed by atoms with E-state index in [-0.39, 0.29) is 29.0 Å². The van der Waals surface area contributed by atoms with Crippen LogP contribution >= 0.6 is 11.8 Å². The third-order valence-corrected chi connectivity index (χ3v) is 4.29. The predicted octanol–water partition coefficient (Wildman–Crippen LogP) is 3.54. The maximum atomic E-state index is 13.5. The summed E-state index contributed by atoms with van der Waals surface area (Å²) in [6.45, 7) is 2.38. The Morgan fingerprint density at radius 1 is 1.04 bits per heavy atom. The van der Waals surface area contributed by atoms with Crippen LogP contribution in [0.3, 0.4) is 0 Å². The highest BCUT2D eigenvalue weighted by atomic mass is 32.2. The number of hydrogen-bond donors (Lipinski definition) is 2. The first kappa shape index (κ1) is 20.6. The minimum atomic E-state index is -0.502. The molecule has 0 spiro atoms. The van der Waals surface area contributed by atoms with Crippen LogP contribution in [0.15, 0.2) is 42.5 Å². The van der Waals surface area contributed by atoms with Crippen LogP contribution in [0.5, 0.6) is 11.5 Å². The maximum Gasteiger partial charge on any atom is 0.234 e. The van der Waals surface area contributed by atoms with Crippen LogP contribution in [0.2, 0.25) is 0 Å². The van der Waals surface area contributed by atoms with Gasteiger partial charge in [-0.1, -0.05) is 12.1 Å². The van der Waals surface area contributed by atoms with Gasteiger partial charge in [0.2, 0.25) is 11.8 Å². The molecule has 8 heteroatoms. The molecule has 27 heavy (non-hydrogen) atoms. The summed E-state index contributed by atoms with van der Waals surface area (Å²) in [6.07, 6.45) is 0. The fourth-order valence-corrected chi connectivity index (χ4v) is 2.82. The van der Waals surface area contributed by atoms with Gasteiger partial charge in [0.1, 0.15) is 5.82 Å². The second kappa shape index (κ2) is 10.4. The molecule has 0 aliphatic heterocycles. The summed E-state index contributed by atoms with van der Waals surface area (Å²) in [7, 11) is 1.52. The van der Waals surface area contributed by atoms with E-state index >= 15 is 0 Å². The van der Waals surface area contributed by atoms with E-state index in [9.17, 15) is 14.0 Å². The summed E-state index contributed by atoms with van der Waals surface area (Å²) in [5.74, 6) is 0.0986. The summed E-state index contributed by atoms with van der Waals surface area (Å²) in [5.41, 5.74) is 0.686. The Labute approximate surface area is 161 Å². The molecule has 6 nitrogen and oxygen atoms in total. The number of carbonyl (C=O) groups excluding carboxylic acids is 2. The van der Waals surface area contributed by atoms with Gasteiger partial charge in [-0.3, -0.25) is 9.59 Å². The summed E-state index contributed by atoms with van der Waals surface area (Å²) in [5, 5.41) is 5.20. The minimum Gasteiger partial charge on any atom is -0.493 e. The molecule has 0 aliphatic carbocycles. The number of para-hydroxylation sites is 1. The Hall–Kier alpha value is -2.74. The van der Waals surface area contributed by atoms with E-state index in [0.29, 0.717) is 23.8 Å². The van der Waals surface area contributed by atoms with Gasteiger partial charge in [-0.05, 0) is 31.2 Å². The number of halogens is 1. The highest BCUT2D eigenvalue weighted by molar-refractivity contribution is 8.00. The lowest BCUT2D eigenvalue weighted by Gasteiger charge is -2.11. The first-order chi connectivity index (χ1) is 13.0. The molecule has 2 rings (SSSR count). The van der Waals surface area contributed by atoms with Gasteiger partial charge in [0, 0.05) is 11.8 Å². The molecular formula is C19H21FN2O4S.